The fourth-order valence-corrected chi connectivity index (χ4v) is 4.00. The van der Waals surface area contributed by atoms with Crippen LogP contribution in [0.25, 0.3) is 32.8 Å². The van der Waals surface area contributed by atoms with Gasteiger partial charge in [0.1, 0.15) is 10.6 Å². The molecule has 0 aliphatic heterocycles. The van der Waals surface area contributed by atoms with E-state index in [9.17, 15) is 4.79 Å². The molecule has 0 spiro atoms. The molecule has 0 radical (unpaired) electrons. The van der Waals surface area contributed by atoms with Crippen LogP contribution in [0.5, 0.6) is 0 Å². The second kappa shape index (κ2) is 7.37. The minimum Gasteiger partial charge on any atom is -0.451 e. The zero-order chi connectivity index (χ0) is 19.6. The van der Waals surface area contributed by atoms with Crippen molar-refractivity contribution in [3.63, 3.8) is 0 Å². The Hall–Kier alpha value is -3.70. The maximum absolute atomic E-state index is 12.6. The van der Waals surface area contributed by atoms with Crippen molar-refractivity contribution in [2.24, 2.45) is 0 Å². The number of thiazole rings is 1. The lowest BCUT2D eigenvalue weighted by molar-refractivity contribution is 0.0998. The van der Waals surface area contributed by atoms with Gasteiger partial charge in [-0.3, -0.25) is 4.79 Å². The lowest BCUT2D eigenvalue weighted by Crippen LogP contribution is -2.10. The summed E-state index contributed by atoms with van der Waals surface area (Å²) in [5.74, 6) is 0.0122. The van der Waals surface area contributed by atoms with Gasteiger partial charge < -0.3 is 9.73 Å². The molecule has 4 nitrogen and oxygen atoms in total. The lowest BCUT2D eigenvalue weighted by Gasteiger charge is -2.05. The van der Waals surface area contributed by atoms with Gasteiger partial charge >= 0.3 is 0 Å². The van der Waals surface area contributed by atoms with Crippen LogP contribution in [0.15, 0.2) is 94.7 Å². The maximum Gasteiger partial charge on any atom is 0.291 e. The number of furan rings is 1. The highest BCUT2D eigenvalue weighted by atomic mass is 32.1. The standard InChI is InChI=1S/C24H16N2O2S/c27-23(22-14-18-9-4-5-12-21(18)28-22)25-19-11-6-10-17(13-19)20-15-29-24(26-20)16-7-2-1-3-8-16/h1-15H,(H,25,27). The molecule has 5 aromatic rings. The SMILES string of the molecule is O=C(Nc1cccc(-c2csc(-c3ccccc3)n2)c1)c1cc2ccccc2o1. The van der Waals surface area contributed by atoms with Gasteiger partial charge in [0.2, 0.25) is 0 Å². The van der Waals surface area contributed by atoms with Crippen molar-refractivity contribution in [2.45, 2.75) is 0 Å². The molecule has 5 heteroatoms. The molecular formula is C24H16N2O2S. The first-order valence-electron chi connectivity index (χ1n) is 9.17. The van der Waals surface area contributed by atoms with E-state index in [1.807, 2.05) is 84.2 Å². The van der Waals surface area contributed by atoms with Crippen LogP contribution in [-0.2, 0) is 0 Å². The highest BCUT2D eigenvalue weighted by Gasteiger charge is 2.13. The summed E-state index contributed by atoms with van der Waals surface area (Å²) in [5.41, 5.74) is 4.32. The van der Waals surface area contributed by atoms with Crippen molar-refractivity contribution in [3.8, 4) is 21.8 Å². The van der Waals surface area contributed by atoms with E-state index in [-0.39, 0.29) is 11.7 Å². The monoisotopic (exact) mass is 396 g/mol. The average Bonchev–Trinajstić information content (AvgIpc) is 3.42. The Morgan fingerprint density at radius 2 is 1.66 bits per heavy atom. The van der Waals surface area contributed by atoms with E-state index in [0.29, 0.717) is 11.3 Å². The topological polar surface area (TPSA) is 55.1 Å². The molecule has 0 fully saturated rings. The largest absolute Gasteiger partial charge is 0.451 e. The van der Waals surface area contributed by atoms with E-state index in [2.05, 4.69) is 5.32 Å². The van der Waals surface area contributed by atoms with Gasteiger partial charge in [0.15, 0.2) is 5.76 Å². The summed E-state index contributed by atoms with van der Waals surface area (Å²) in [4.78, 5) is 17.3. The molecular weight excluding hydrogens is 380 g/mol. The quantitative estimate of drug-likeness (QED) is 0.378. The van der Waals surface area contributed by atoms with Crippen LogP contribution in [0.3, 0.4) is 0 Å². The number of hydrogen-bond donors (Lipinski definition) is 1. The van der Waals surface area contributed by atoms with Gasteiger partial charge in [-0.15, -0.1) is 11.3 Å². The average molecular weight is 396 g/mol. The Labute approximate surface area is 171 Å². The fourth-order valence-electron chi connectivity index (χ4n) is 3.16. The van der Waals surface area contributed by atoms with Gasteiger partial charge in [-0.1, -0.05) is 60.7 Å². The molecule has 1 amide bonds. The number of anilines is 1. The minimum atomic E-state index is -0.276. The minimum absolute atomic E-state index is 0.276. The van der Waals surface area contributed by atoms with E-state index >= 15 is 0 Å². The van der Waals surface area contributed by atoms with Crippen LogP contribution in [0.4, 0.5) is 5.69 Å². The molecule has 2 heterocycles. The molecule has 0 saturated heterocycles. The van der Waals surface area contributed by atoms with Gasteiger partial charge in [0.05, 0.1) is 5.69 Å². The van der Waals surface area contributed by atoms with Gasteiger partial charge in [0.25, 0.3) is 5.91 Å². The highest BCUT2D eigenvalue weighted by Crippen LogP contribution is 2.30. The number of benzene rings is 3. The molecule has 2 aromatic heterocycles. The van der Waals surface area contributed by atoms with Crippen molar-refractivity contribution in [3.05, 3.63) is 96.1 Å². The molecule has 0 unspecified atom stereocenters. The number of hydrogen-bond acceptors (Lipinski definition) is 4. The van der Waals surface area contributed by atoms with Gasteiger partial charge in [0, 0.05) is 27.6 Å². The molecule has 0 bridgehead atoms. The number of para-hydroxylation sites is 1. The number of carbonyl (C=O) groups is 1. The number of amides is 1. The first kappa shape index (κ1) is 17.4. The van der Waals surface area contributed by atoms with Crippen LogP contribution in [-0.4, -0.2) is 10.9 Å². The van der Waals surface area contributed by atoms with E-state index in [1.165, 1.54) is 0 Å². The summed E-state index contributed by atoms with van der Waals surface area (Å²) in [6.07, 6.45) is 0. The second-order valence-electron chi connectivity index (χ2n) is 6.59. The third kappa shape index (κ3) is 3.56. The number of rotatable bonds is 4. The Kier molecular flexibility index (Phi) is 4.42. The van der Waals surface area contributed by atoms with Crippen molar-refractivity contribution in [1.82, 2.24) is 4.98 Å². The van der Waals surface area contributed by atoms with Crippen molar-refractivity contribution in [2.75, 3.05) is 5.32 Å². The highest BCUT2D eigenvalue weighted by molar-refractivity contribution is 7.13. The Morgan fingerprint density at radius 1 is 0.862 bits per heavy atom. The van der Waals surface area contributed by atoms with Crippen LogP contribution >= 0.6 is 11.3 Å². The molecule has 0 saturated carbocycles. The predicted molar refractivity (Wildman–Crippen MR) is 117 cm³/mol. The first-order chi connectivity index (χ1) is 14.3. The summed E-state index contributed by atoms with van der Waals surface area (Å²) in [6, 6.07) is 27.1. The van der Waals surface area contributed by atoms with Gasteiger partial charge in [-0.25, -0.2) is 4.98 Å². The van der Waals surface area contributed by atoms with Crippen molar-refractivity contribution >= 4 is 33.9 Å². The fraction of sp³-hybridized carbons (Fsp3) is 0. The third-order valence-electron chi connectivity index (χ3n) is 4.59. The number of aromatic nitrogens is 1. The van der Waals surface area contributed by atoms with Crippen LogP contribution in [0.1, 0.15) is 10.6 Å². The summed E-state index contributed by atoms with van der Waals surface area (Å²) >= 11 is 1.60. The van der Waals surface area contributed by atoms with Gasteiger partial charge in [-0.2, -0.15) is 0 Å². The normalized spacial score (nSPS) is 10.9. The molecule has 0 atom stereocenters. The zero-order valence-corrected chi connectivity index (χ0v) is 16.1. The summed E-state index contributed by atoms with van der Waals surface area (Å²) < 4.78 is 5.65. The smallest absolute Gasteiger partial charge is 0.291 e. The summed E-state index contributed by atoms with van der Waals surface area (Å²) in [5, 5.41) is 6.82. The van der Waals surface area contributed by atoms with Crippen LogP contribution in [0, 0.1) is 0 Å². The first-order valence-corrected chi connectivity index (χ1v) is 10.1. The van der Waals surface area contributed by atoms with E-state index < -0.39 is 0 Å². The molecule has 5 rings (SSSR count). The Morgan fingerprint density at radius 3 is 2.52 bits per heavy atom. The van der Waals surface area contributed by atoms with Crippen LogP contribution < -0.4 is 5.32 Å². The van der Waals surface area contributed by atoms with Crippen molar-refractivity contribution < 1.29 is 9.21 Å². The molecule has 29 heavy (non-hydrogen) atoms. The summed E-state index contributed by atoms with van der Waals surface area (Å²) in [7, 11) is 0. The second-order valence-corrected chi connectivity index (χ2v) is 7.45. The Bertz CT molecular complexity index is 1270. The zero-order valence-electron chi connectivity index (χ0n) is 15.3. The van der Waals surface area contributed by atoms with Crippen LogP contribution in [0.2, 0.25) is 0 Å². The number of nitrogens with zero attached hydrogens (tertiary/aromatic N) is 1. The number of fused-ring (bicyclic) bond motifs is 1. The maximum atomic E-state index is 12.6. The van der Waals surface area contributed by atoms with Gasteiger partial charge in [-0.05, 0) is 24.3 Å². The predicted octanol–water partition coefficient (Wildman–Crippen LogP) is 6.48. The lowest BCUT2D eigenvalue weighted by atomic mass is 10.1. The third-order valence-corrected chi connectivity index (χ3v) is 5.48. The number of carbonyl (C=O) groups excluding carboxylic acids is 1. The Balaban J connectivity index is 1.38. The van der Waals surface area contributed by atoms with E-state index in [0.717, 1.165) is 27.2 Å². The molecule has 0 aliphatic carbocycles. The number of nitrogens with one attached hydrogen (secondary N) is 1. The summed E-state index contributed by atoms with van der Waals surface area (Å²) in [6.45, 7) is 0. The molecule has 0 aliphatic rings. The van der Waals surface area contributed by atoms with Crippen molar-refractivity contribution in [1.29, 1.82) is 0 Å². The molecule has 140 valence electrons. The molecule has 1 N–H and O–H groups in total. The molecule has 3 aromatic carbocycles. The van der Waals surface area contributed by atoms with E-state index in [1.54, 1.807) is 17.4 Å². The van der Waals surface area contributed by atoms with E-state index in [4.69, 9.17) is 9.40 Å².